The average Bonchev–Trinajstić information content (AvgIpc) is 2.51. The highest BCUT2D eigenvalue weighted by molar-refractivity contribution is 6.31. The minimum absolute atomic E-state index is 0.219. The van der Waals surface area contributed by atoms with Crippen LogP contribution in [0.5, 0.6) is 11.5 Å². The molecule has 1 unspecified atom stereocenters. The lowest BCUT2D eigenvalue weighted by molar-refractivity contribution is 0.387. The molecular formula is C16H19ClN2O2. The lowest BCUT2D eigenvalue weighted by Crippen LogP contribution is -2.29. The van der Waals surface area contributed by atoms with Crippen molar-refractivity contribution in [1.82, 2.24) is 5.43 Å². The fourth-order valence-corrected chi connectivity index (χ4v) is 2.40. The molecule has 0 bridgehead atoms. The Morgan fingerprint density at radius 3 is 2.43 bits per heavy atom. The first kappa shape index (κ1) is 15.6. The van der Waals surface area contributed by atoms with Gasteiger partial charge in [-0.1, -0.05) is 23.7 Å². The molecule has 5 heteroatoms. The van der Waals surface area contributed by atoms with Crippen molar-refractivity contribution in [3.8, 4) is 11.5 Å². The molecule has 2 rings (SSSR count). The summed E-state index contributed by atoms with van der Waals surface area (Å²) >= 11 is 6.20. The van der Waals surface area contributed by atoms with Crippen molar-refractivity contribution >= 4 is 11.6 Å². The number of hydrogen-bond donors (Lipinski definition) is 2. The monoisotopic (exact) mass is 306 g/mol. The number of aryl methyl sites for hydroxylation is 1. The number of ether oxygens (including phenoxy) is 2. The van der Waals surface area contributed by atoms with Crippen LogP contribution in [0.25, 0.3) is 0 Å². The van der Waals surface area contributed by atoms with Gasteiger partial charge in [-0.05, 0) is 36.2 Å². The summed E-state index contributed by atoms with van der Waals surface area (Å²) in [5.74, 6) is 7.17. The maximum Gasteiger partial charge on any atom is 0.127 e. The fraction of sp³-hybridized carbons (Fsp3) is 0.250. The Hall–Kier alpha value is -1.75. The highest BCUT2D eigenvalue weighted by Crippen LogP contribution is 2.33. The van der Waals surface area contributed by atoms with E-state index >= 15 is 0 Å². The Bertz CT molecular complexity index is 632. The van der Waals surface area contributed by atoms with Gasteiger partial charge in [0.25, 0.3) is 0 Å². The van der Waals surface area contributed by atoms with Crippen LogP contribution in [0.2, 0.25) is 5.02 Å². The largest absolute Gasteiger partial charge is 0.497 e. The summed E-state index contributed by atoms with van der Waals surface area (Å²) in [5.41, 5.74) is 5.73. The topological polar surface area (TPSA) is 56.5 Å². The molecule has 21 heavy (non-hydrogen) atoms. The molecular weight excluding hydrogens is 288 g/mol. The predicted molar refractivity (Wildman–Crippen MR) is 84.9 cm³/mol. The number of hydrogen-bond acceptors (Lipinski definition) is 4. The third kappa shape index (κ3) is 3.29. The van der Waals surface area contributed by atoms with E-state index in [1.165, 1.54) is 0 Å². The van der Waals surface area contributed by atoms with E-state index in [1.807, 2.05) is 43.3 Å². The van der Waals surface area contributed by atoms with E-state index in [9.17, 15) is 0 Å². The van der Waals surface area contributed by atoms with Crippen molar-refractivity contribution in [2.75, 3.05) is 14.2 Å². The summed E-state index contributed by atoms with van der Waals surface area (Å²) in [6, 6.07) is 11.3. The molecule has 0 amide bonds. The smallest absolute Gasteiger partial charge is 0.127 e. The van der Waals surface area contributed by atoms with Gasteiger partial charge in [0.15, 0.2) is 0 Å². The number of methoxy groups -OCH3 is 2. The van der Waals surface area contributed by atoms with E-state index < -0.39 is 0 Å². The molecule has 4 nitrogen and oxygen atoms in total. The number of nitrogens with two attached hydrogens (primary N) is 1. The number of halogens is 1. The normalized spacial score (nSPS) is 12.0. The van der Waals surface area contributed by atoms with Gasteiger partial charge >= 0.3 is 0 Å². The van der Waals surface area contributed by atoms with Gasteiger partial charge < -0.3 is 9.47 Å². The zero-order valence-corrected chi connectivity index (χ0v) is 13.1. The van der Waals surface area contributed by atoms with Crippen LogP contribution in [0, 0.1) is 6.92 Å². The zero-order chi connectivity index (χ0) is 15.4. The molecule has 0 radical (unpaired) electrons. The third-order valence-electron chi connectivity index (χ3n) is 3.45. The van der Waals surface area contributed by atoms with Crippen LogP contribution in [0.3, 0.4) is 0 Å². The van der Waals surface area contributed by atoms with E-state index in [0.29, 0.717) is 10.8 Å². The maximum atomic E-state index is 6.20. The Labute approximate surface area is 129 Å². The number of hydrazine groups is 1. The van der Waals surface area contributed by atoms with Crippen LogP contribution in [-0.4, -0.2) is 14.2 Å². The molecule has 2 aromatic carbocycles. The molecule has 0 fully saturated rings. The first-order valence-electron chi connectivity index (χ1n) is 6.54. The van der Waals surface area contributed by atoms with Crippen molar-refractivity contribution in [2.24, 2.45) is 5.84 Å². The Balaban J connectivity index is 2.47. The maximum absolute atomic E-state index is 6.20. The second kappa shape index (κ2) is 6.80. The molecule has 112 valence electrons. The standard InChI is InChI=1S/C16H19ClN2O2/c1-10-4-5-11(8-14(10)17)16(19-18)13-7-6-12(20-2)9-15(13)21-3/h4-9,16,19H,18H2,1-3H3. The van der Waals surface area contributed by atoms with E-state index in [4.69, 9.17) is 26.9 Å². The van der Waals surface area contributed by atoms with E-state index in [0.717, 1.165) is 22.4 Å². The molecule has 0 saturated carbocycles. The Morgan fingerprint density at radius 1 is 1.10 bits per heavy atom. The van der Waals surface area contributed by atoms with E-state index in [2.05, 4.69) is 5.43 Å². The summed E-state index contributed by atoms with van der Waals surface area (Å²) < 4.78 is 10.7. The predicted octanol–water partition coefficient (Wildman–Crippen LogP) is 3.22. The molecule has 2 aromatic rings. The fourth-order valence-electron chi connectivity index (χ4n) is 2.21. The Kier molecular flexibility index (Phi) is 5.07. The summed E-state index contributed by atoms with van der Waals surface area (Å²) in [6.45, 7) is 1.96. The average molecular weight is 307 g/mol. The van der Waals surface area contributed by atoms with Crippen molar-refractivity contribution < 1.29 is 9.47 Å². The van der Waals surface area contributed by atoms with Crippen molar-refractivity contribution in [1.29, 1.82) is 0 Å². The molecule has 0 aliphatic rings. The van der Waals surface area contributed by atoms with Crippen LogP contribution < -0.4 is 20.7 Å². The van der Waals surface area contributed by atoms with Gasteiger partial charge in [0, 0.05) is 16.7 Å². The van der Waals surface area contributed by atoms with E-state index in [-0.39, 0.29) is 6.04 Å². The summed E-state index contributed by atoms with van der Waals surface area (Å²) in [6.07, 6.45) is 0. The van der Waals surface area contributed by atoms with Gasteiger partial charge in [-0.15, -0.1) is 0 Å². The van der Waals surface area contributed by atoms with Crippen molar-refractivity contribution in [3.63, 3.8) is 0 Å². The van der Waals surface area contributed by atoms with Gasteiger partial charge in [0.05, 0.1) is 20.3 Å². The first-order valence-corrected chi connectivity index (χ1v) is 6.92. The summed E-state index contributed by atoms with van der Waals surface area (Å²) in [4.78, 5) is 0. The van der Waals surface area contributed by atoms with Gasteiger partial charge in [0.2, 0.25) is 0 Å². The highest BCUT2D eigenvalue weighted by atomic mass is 35.5. The summed E-state index contributed by atoms with van der Waals surface area (Å²) in [7, 11) is 3.24. The SMILES string of the molecule is COc1ccc(C(NN)c2ccc(C)c(Cl)c2)c(OC)c1. The number of benzene rings is 2. The lowest BCUT2D eigenvalue weighted by atomic mass is 9.97. The molecule has 1 atom stereocenters. The van der Waals surface area contributed by atoms with Crippen LogP contribution >= 0.6 is 11.6 Å². The van der Waals surface area contributed by atoms with E-state index in [1.54, 1.807) is 14.2 Å². The first-order chi connectivity index (χ1) is 10.1. The molecule has 0 spiro atoms. The van der Waals surface area contributed by atoms with Gasteiger partial charge in [-0.2, -0.15) is 0 Å². The second-order valence-corrected chi connectivity index (χ2v) is 5.12. The highest BCUT2D eigenvalue weighted by Gasteiger charge is 2.18. The molecule has 0 aromatic heterocycles. The molecule has 0 aliphatic heterocycles. The zero-order valence-electron chi connectivity index (χ0n) is 12.3. The van der Waals surface area contributed by atoms with Gasteiger partial charge in [0.1, 0.15) is 11.5 Å². The molecule has 0 aliphatic carbocycles. The minimum Gasteiger partial charge on any atom is -0.497 e. The number of rotatable bonds is 5. The number of nitrogens with one attached hydrogen (secondary N) is 1. The van der Waals surface area contributed by atoms with Gasteiger partial charge in [-0.3, -0.25) is 5.84 Å². The third-order valence-corrected chi connectivity index (χ3v) is 3.85. The van der Waals surface area contributed by atoms with Crippen LogP contribution in [0.4, 0.5) is 0 Å². The molecule has 3 N–H and O–H groups in total. The lowest BCUT2D eigenvalue weighted by Gasteiger charge is -2.20. The molecule has 0 heterocycles. The quantitative estimate of drug-likeness (QED) is 0.658. The minimum atomic E-state index is -0.219. The Morgan fingerprint density at radius 2 is 1.86 bits per heavy atom. The summed E-state index contributed by atoms with van der Waals surface area (Å²) in [5, 5.41) is 0.709. The van der Waals surface area contributed by atoms with Crippen molar-refractivity contribution in [2.45, 2.75) is 13.0 Å². The molecule has 0 saturated heterocycles. The van der Waals surface area contributed by atoms with Crippen LogP contribution in [-0.2, 0) is 0 Å². The van der Waals surface area contributed by atoms with Crippen LogP contribution in [0.15, 0.2) is 36.4 Å². The van der Waals surface area contributed by atoms with Gasteiger partial charge in [-0.25, -0.2) is 5.43 Å². The van der Waals surface area contributed by atoms with Crippen LogP contribution in [0.1, 0.15) is 22.7 Å². The van der Waals surface area contributed by atoms with Crippen molar-refractivity contribution in [3.05, 3.63) is 58.1 Å². The second-order valence-electron chi connectivity index (χ2n) is 4.72.